The minimum Gasteiger partial charge on any atom is -0.466 e. The Labute approximate surface area is 161 Å². The standard InChI is InChI=1S/C17H23N3O6S/c1-4-10(2)18-17(24)19-14(22)8-26-16(23)12-9-27-15(20(12)11(3)21)13-6-5-7-25-13/h5-7,10,12,15H,4,8-9H2,1-3H3,(H2,18,19,22,24)/t10-,12-,15+/m0/s1. The van der Waals surface area contributed by atoms with Crippen molar-refractivity contribution in [2.24, 2.45) is 0 Å². The number of esters is 1. The molecule has 1 aliphatic heterocycles. The van der Waals surface area contributed by atoms with Gasteiger partial charge in [0.15, 0.2) is 6.61 Å². The second-order valence-corrected chi connectivity index (χ2v) is 7.20. The normalized spacial score (nSPS) is 20.0. The Kier molecular flexibility index (Phi) is 7.28. The highest BCUT2D eigenvalue weighted by atomic mass is 32.2. The summed E-state index contributed by atoms with van der Waals surface area (Å²) in [5.74, 6) is -0.874. The summed E-state index contributed by atoms with van der Waals surface area (Å²) in [6.45, 7) is 4.44. The van der Waals surface area contributed by atoms with E-state index in [9.17, 15) is 19.2 Å². The molecule has 0 unspecified atom stereocenters. The lowest BCUT2D eigenvalue weighted by Crippen LogP contribution is -2.46. The molecule has 1 aromatic heterocycles. The third-order valence-corrected chi connectivity index (χ3v) is 5.29. The number of carbonyl (C=O) groups is 4. The number of nitrogens with one attached hydrogen (secondary N) is 2. The highest BCUT2D eigenvalue weighted by molar-refractivity contribution is 7.99. The monoisotopic (exact) mass is 397 g/mol. The number of ether oxygens (including phenoxy) is 1. The van der Waals surface area contributed by atoms with E-state index >= 15 is 0 Å². The summed E-state index contributed by atoms with van der Waals surface area (Å²) in [4.78, 5) is 49.1. The van der Waals surface area contributed by atoms with Crippen molar-refractivity contribution in [3.63, 3.8) is 0 Å². The van der Waals surface area contributed by atoms with Crippen LogP contribution in [0.1, 0.15) is 38.3 Å². The third kappa shape index (κ3) is 5.49. The number of nitrogens with zero attached hydrogens (tertiary/aromatic N) is 1. The van der Waals surface area contributed by atoms with E-state index in [2.05, 4.69) is 10.6 Å². The van der Waals surface area contributed by atoms with Crippen LogP contribution in [-0.2, 0) is 19.1 Å². The van der Waals surface area contributed by atoms with Crippen molar-refractivity contribution in [2.75, 3.05) is 12.4 Å². The molecule has 2 heterocycles. The van der Waals surface area contributed by atoms with Gasteiger partial charge in [-0.2, -0.15) is 0 Å². The molecular weight excluding hydrogens is 374 g/mol. The fourth-order valence-corrected chi connectivity index (χ4v) is 3.90. The zero-order valence-electron chi connectivity index (χ0n) is 15.4. The van der Waals surface area contributed by atoms with Crippen molar-refractivity contribution in [2.45, 2.75) is 44.6 Å². The van der Waals surface area contributed by atoms with Crippen molar-refractivity contribution in [1.82, 2.24) is 15.5 Å². The largest absolute Gasteiger partial charge is 0.466 e. The Hall–Kier alpha value is -2.49. The number of hydrogen-bond acceptors (Lipinski definition) is 7. The average molecular weight is 397 g/mol. The molecule has 0 aromatic carbocycles. The summed E-state index contributed by atoms with van der Waals surface area (Å²) in [5, 5.41) is 4.23. The summed E-state index contributed by atoms with van der Waals surface area (Å²) in [5.41, 5.74) is 0. The van der Waals surface area contributed by atoms with Crippen LogP contribution < -0.4 is 10.6 Å². The molecular formula is C17H23N3O6S. The van der Waals surface area contributed by atoms with Gasteiger partial charge in [0.2, 0.25) is 5.91 Å². The van der Waals surface area contributed by atoms with Crippen LogP contribution in [-0.4, -0.2) is 53.2 Å². The number of carbonyl (C=O) groups excluding carboxylic acids is 4. The molecule has 4 amide bonds. The Morgan fingerprint density at radius 1 is 1.41 bits per heavy atom. The van der Waals surface area contributed by atoms with Gasteiger partial charge in [0.05, 0.1) is 6.26 Å². The molecule has 0 radical (unpaired) electrons. The first-order valence-electron chi connectivity index (χ1n) is 8.54. The van der Waals surface area contributed by atoms with Gasteiger partial charge in [0.25, 0.3) is 5.91 Å². The first kappa shape index (κ1) is 20.8. The molecule has 10 heteroatoms. The third-order valence-electron chi connectivity index (χ3n) is 4.01. The van der Waals surface area contributed by atoms with E-state index in [0.717, 1.165) is 0 Å². The van der Waals surface area contributed by atoms with Crippen LogP contribution in [0.25, 0.3) is 0 Å². The molecule has 2 N–H and O–H groups in total. The summed E-state index contributed by atoms with van der Waals surface area (Å²) in [6.07, 6.45) is 2.21. The van der Waals surface area contributed by atoms with Gasteiger partial charge in [-0.05, 0) is 25.5 Å². The fourth-order valence-electron chi connectivity index (χ4n) is 2.48. The fraction of sp³-hybridized carbons (Fsp3) is 0.529. The summed E-state index contributed by atoms with van der Waals surface area (Å²) < 4.78 is 10.3. The van der Waals surface area contributed by atoms with Crippen LogP contribution in [0.4, 0.5) is 4.79 Å². The number of furan rings is 1. The molecule has 0 saturated carbocycles. The van der Waals surface area contributed by atoms with E-state index in [1.165, 1.54) is 29.8 Å². The Bertz CT molecular complexity index is 693. The van der Waals surface area contributed by atoms with Gasteiger partial charge in [-0.25, -0.2) is 9.59 Å². The summed E-state index contributed by atoms with van der Waals surface area (Å²) in [6, 6.07) is 1.87. The molecule has 2 rings (SSSR count). The Morgan fingerprint density at radius 2 is 2.15 bits per heavy atom. The molecule has 1 fully saturated rings. The van der Waals surface area contributed by atoms with Crippen molar-refractivity contribution in [3.8, 4) is 0 Å². The van der Waals surface area contributed by atoms with Crippen LogP contribution in [0, 0.1) is 0 Å². The van der Waals surface area contributed by atoms with Crippen LogP contribution in [0.3, 0.4) is 0 Å². The molecule has 148 valence electrons. The molecule has 27 heavy (non-hydrogen) atoms. The number of thioether (sulfide) groups is 1. The van der Waals surface area contributed by atoms with Gasteiger partial charge in [-0.3, -0.25) is 14.9 Å². The van der Waals surface area contributed by atoms with E-state index < -0.39 is 35.9 Å². The first-order valence-corrected chi connectivity index (χ1v) is 9.59. The molecule has 1 aromatic rings. The zero-order valence-corrected chi connectivity index (χ0v) is 16.2. The number of amides is 4. The predicted molar refractivity (Wildman–Crippen MR) is 97.6 cm³/mol. The molecule has 0 aliphatic carbocycles. The van der Waals surface area contributed by atoms with E-state index in [4.69, 9.17) is 9.15 Å². The van der Waals surface area contributed by atoms with Crippen molar-refractivity contribution in [1.29, 1.82) is 0 Å². The topological polar surface area (TPSA) is 118 Å². The van der Waals surface area contributed by atoms with Crippen LogP contribution in [0.2, 0.25) is 0 Å². The smallest absolute Gasteiger partial charge is 0.330 e. The summed E-state index contributed by atoms with van der Waals surface area (Å²) >= 11 is 1.37. The quantitative estimate of drug-likeness (QED) is 0.697. The van der Waals surface area contributed by atoms with Gasteiger partial charge < -0.3 is 19.4 Å². The molecule has 1 saturated heterocycles. The van der Waals surface area contributed by atoms with Gasteiger partial charge >= 0.3 is 12.0 Å². The lowest BCUT2D eigenvalue weighted by atomic mass is 10.2. The average Bonchev–Trinajstić information content (AvgIpc) is 3.28. The van der Waals surface area contributed by atoms with Gasteiger partial charge in [-0.1, -0.05) is 6.92 Å². The lowest BCUT2D eigenvalue weighted by molar-refractivity contribution is -0.156. The van der Waals surface area contributed by atoms with E-state index in [1.54, 1.807) is 19.1 Å². The second-order valence-electron chi connectivity index (χ2n) is 6.08. The van der Waals surface area contributed by atoms with E-state index in [0.29, 0.717) is 17.9 Å². The maximum absolute atomic E-state index is 12.3. The molecule has 3 atom stereocenters. The maximum Gasteiger partial charge on any atom is 0.330 e. The number of hydrogen-bond donors (Lipinski definition) is 2. The van der Waals surface area contributed by atoms with Crippen LogP contribution >= 0.6 is 11.8 Å². The number of rotatable bonds is 6. The molecule has 9 nitrogen and oxygen atoms in total. The SMILES string of the molecule is CC[C@H](C)NC(=O)NC(=O)COC(=O)[C@@H]1CS[C@H](c2ccco2)N1C(C)=O. The maximum atomic E-state index is 12.3. The van der Waals surface area contributed by atoms with Crippen LogP contribution in [0.5, 0.6) is 0 Å². The second kappa shape index (κ2) is 9.45. The van der Waals surface area contributed by atoms with E-state index in [-0.39, 0.29) is 11.9 Å². The van der Waals surface area contributed by atoms with Crippen LogP contribution in [0.15, 0.2) is 22.8 Å². The minimum atomic E-state index is -0.829. The van der Waals surface area contributed by atoms with Gasteiger partial charge in [0, 0.05) is 18.7 Å². The predicted octanol–water partition coefficient (Wildman–Crippen LogP) is 1.41. The molecule has 1 aliphatic rings. The van der Waals surface area contributed by atoms with Crippen molar-refractivity contribution in [3.05, 3.63) is 24.2 Å². The van der Waals surface area contributed by atoms with Crippen molar-refractivity contribution >= 4 is 35.6 Å². The lowest BCUT2D eigenvalue weighted by Gasteiger charge is -2.25. The van der Waals surface area contributed by atoms with Gasteiger partial charge in [-0.15, -0.1) is 11.8 Å². The van der Waals surface area contributed by atoms with Crippen molar-refractivity contribution < 1.29 is 28.3 Å². The zero-order chi connectivity index (χ0) is 20.0. The highest BCUT2D eigenvalue weighted by Crippen LogP contribution is 2.41. The molecule has 0 bridgehead atoms. The first-order chi connectivity index (χ1) is 12.8. The number of imide groups is 1. The summed E-state index contributed by atoms with van der Waals surface area (Å²) in [7, 11) is 0. The minimum absolute atomic E-state index is 0.0847. The molecule has 0 spiro atoms. The van der Waals surface area contributed by atoms with E-state index in [1.807, 2.05) is 6.92 Å². The Morgan fingerprint density at radius 3 is 2.74 bits per heavy atom. The number of urea groups is 1. The Balaban J connectivity index is 1.88. The highest BCUT2D eigenvalue weighted by Gasteiger charge is 2.43. The van der Waals surface area contributed by atoms with Gasteiger partial charge in [0.1, 0.15) is 17.2 Å².